The van der Waals surface area contributed by atoms with Gasteiger partial charge in [0, 0.05) is 18.9 Å². The molecule has 9 heteroatoms. The third kappa shape index (κ3) is 9.17. The van der Waals surface area contributed by atoms with Crippen LogP contribution in [0.2, 0.25) is 0 Å². The molecule has 0 aromatic heterocycles. The van der Waals surface area contributed by atoms with E-state index in [0.717, 1.165) is 64.9 Å². The van der Waals surface area contributed by atoms with E-state index in [2.05, 4.69) is 11.7 Å². The van der Waals surface area contributed by atoms with Crippen LogP contribution in [0.5, 0.6) is 0 Å². The Hall–Kier alpha value is -1.68. The summed E-state index contributed by atoms with van der Waals surface area (Å²) in [5.74, 6) is -0.908. The van der Waals surface area contributed by atoms with Crippen molar-refractivity contribution in [2.75, 3.05) is 13.7 Å². The molecule has 2 unspecified atom stereocenters. The molecule has 7 atom stereocenters. The predicted octanol–water partition coefficient (Wildman–Crippen LogP) is 6.64. The van der Waals surface area contributed by atoms with Gasteiger partial charge >= 0.3 is 5.97 Å². The Balaban J connectivity index is 1.70. The third-order valence-electron chi connectivity index (χ3n) is 8.00. The molecule has 7 nitrogen and oxygen atoms in total. The van der Waals surface area contributed by atoms with Gasteiger partial charge in [0.2, 0.25) is 0 Å². The van der Waals surface area contributed by atoms with Crippen molar-refractivity contribution in [2.24, 2.45) is 11.8 Å². The Morgan fingerprint density at radius 1 is 0.974 bits per heavy atom. The lowest BCUT2D eigenvalue weighted by atomic mass is 9.87. The lowest BCUT2D eigenvalue weighted by Gasteiger charge is -2.32. The summed E-state index contributed by atoms with van der Waals surface area (Å²) in [6.07, 6.45) is 10.1. The number of carbonyl (C=O) groups excluding carboxylic acids is 2. The van der Waals surface area contributed by atoms with Crippen molar-refractivity contribution >= 4 is 11.8 Å². The van der Waals surface area contributed by atoms with Gasteiger partial charge in [-0.3, -0.25) is 4.79 Å². The summed E-state index contributed by atoms with van der Waals surface area (Å²) < 4.78 is 55.8. The van der Waals surface area contributed by atoms with Crippen LogP contribution in [-0.2, 0) is 33.3 Å². The second-order valence-electron chi connectivity index (χ2n) is 10.8. The second-order valence-corrected chi connectivity index (χ2v) is 10.8. The van der Waals surface area contributed by atoms with Crippen molar-refractivity contribution in [1.29, 1.82) is 0 Å². The molecule has 0 N–H and O–H groups in total. The lowest BCUT2D eigenvalue weighted by molar-refractivity contribution is -0.218. The van der Waals surface area contributed by atoms with Gasteiger partial charge in [-0.1, -0.05) is 45.6 Å². The highest BCUT2D eigenvalue weighted by Gasteiger charge is 2.56. The quantitative estimate of drug-likeness (QED) is 0.120. The predicted molar refractivity (Wildman–Crippen MR) is 142 cm³/mol. The van der Waals surface area contributed by atoms with Crippen LogP contribution >= 0.6 is 0 Å². The highest BCUT2D eigenvalue weighted by atomic mass is 19.3. The minimum atomic E-state index is -1.99. The third-order valence-corrected chi connectivity index (χ3v) is 8.00. The van der Waals surface area contributed by atoms with Crippen molar-refractivity contribution in [1.82, 2.24) is 0 Å². The zero-order valence-corrected chi connectivity index (χ0v) is 23.7. The van der Waals surface area contributed by atoms with Gasteiger partial charge in [-0.2, -0.15) is 8.78 Å². The van der Waals surface area contributed by atoms with E-state index in [1.807, 2.05) is 13.0 Å². The maximum Gasteiger partial charge on any atom is 0.339 e. The van der Waals surface area contributed by atoms with E-state index < -0.39 is 17.6 Å². The number of allylic oxidation sites excluding steroid dienone is 1. The zero-order valence-electron chi connectivity index (χ0n) is 23.7. The number of halogens is 2. The Morgan fingerprint density at radius 3 is 2.41 bits per heavy atom. The van der Waals surface area contributed by atoms with Crippen molar-refractivity contribution < 1.29 is 42.1 Å². The summed E-state index contributed by atoms with van der Waals surface area (Å²) in [5.41, 5.74) is -0.557. The van der Waals surface area contributed by atoms with Crippen LogP contribution < -0.4 is 0 Å². The molecule has 2 saturated heterocycles. The smallest absolute Gasteiger partial charge is 0.339 e. The van der Waals surface area contributed by atoms with Crippen LogP contribution in [-0.4, -0.2) is 56.4 Å². The van der Waals surface area contributed by atoms with Gasteiger partial charge in [-0.25, -0.2) is 4.79 Å². The van der Waals surface area contributed by atoms with Crippen molar-refractivity contribution in [2.45, 2.75) is 128 Å². The lowest BCUT2D eigenvalue weighted by Crippen LogP contribution is -2.38. The summed E-state index contributed by atoms with van der Waals surface area (Å²) in [4.78, 5) is 24.2. The van der Waals surface area contributed by atoms with Crippen molar-refractivity contribution in [3.8, 4) is 0 Å². The summed E-state index contributed by atoms with van der Waals surface area (Å²) in [5, 5.41) is 0. The largest absolute Gasteiger partial charge is 0.466 e. The molecule has 2 heterocycles. The molecule has 1 saturated carbocycles. The molecule has 3 aliphatic rings. The Kier molecular flexibility index (Phi) is 13.5. The molecule has 1 aliphatic carbocycles. The van der Waals surface area contributed by atoms with Gasteiger partial charge in [0.25, 0.3) is 6.08 Å². The number of ketones is 1. The number of rotatable bonds is 16. The van der Waals surface area contributed by atoms with Crippen LogP contribution in [0.15, 0.2) is 23.8 Å². The second kappa shape index (κ2) is 16.6. The average Bonchev–Trinajstić information content (AvgIpc) is 3.47. The molecule has 0 bridgehead atoms. The maximum atomic E-state index is 13.1. The molecule has 222 valence electrons. The fourth-order valence-electron chi connectivity index (χ4n) is 5.90. The van der Waals surface area contributed by atoms with E-state index >= 15 is 0 Å². The topological polar surface area (TPSA) is 80.3 Å². The molecular formula is C30H46F2O7. The van der Waals surface area contributed by atoms with Gasteiger partial charge in [-0.05, 0) is 63.4 Å². The normalized spacial score (nSPS) is 30.4. The molecule has 3 rings (SSSR count). The number of unbranched alkanes of at least 4 members (excludes halogenated alkanes) is 4. The van der Waals surface area contributed by atoms with E-state index in [9.17, 15) is 18.4 Å². The Labute approximate surface area is 231 Å². The highest BCUT2D eigenvalue weighted by Crippen LogP contribution is 2.47. The van der Waals surface area contributed by atoms with Crippen LogP contribution in [0, 0.1) is 11.8 Å². The van der Waals surface area contributed by atoms with E-state index in [0.29, 0.717) is 25.9 Å². The van der Waals surface area contributed by atoms with Crippen molar-refractivity contribution in [3.63, 3.8) is 0 Å². The monoisotopic (exact) mass is 556 g/mol. The number of hydrogen-bond donors (Lipinski definition) is 0. The zero-order chi connectivity index (χ0) is 28.2. The van der Waals surface area contributed by atoms with Gasteiger partial charge in [0.1, 0.15) is 11.7 Å². The van der Waals surface area contributed by atoms with Gasteiger partial charge in [0.15, 0.2) is 18.4 Å². The molecule has 0 aromatic rings. The highest BCUT2D eigenvalue weighted by molar-refractivity contribution is 5.89. The Morgan fingerprint density at radius 2 is 1.74 bits per heavy atom. The minimum absolute atomic E-state index is 0.0246. The van der Waals surface area contributed by atoms with Gasteiger partial charge in [0.05, 0.1) is 19.3 Å². The SMILES string of the molecule is CCCCCC(=O)C=C[C@@H]1[C@@H](CCCCCC(C(=O)OC)=C(F)F)[C@@H](OC2CCCCO2)[C@H]2OC(CC)O[C@@H]12. The number of esters is 1. The molecule has 0 amide bonds. The molecular weight excluding hydrogens is 510 g/mol. The molecule has 2 aliphatic heterocycles. The molecule has 3 fully saturated rings. The van der Waals surface area contributed by atoms with Crippen LogP contribution in [0.1, 0.15) is 97.3 Å². The molecule has 0 spiro atoms. The Bertz CT molecular complexity index is 835. The maximum absolute atomic E-state index is 13.1. The first-order valence-corrected chi connectivity index (χ1v) is 14.8. The molecule has 0 radical (unpaired) electrons. The standard InChI is InChI=1S/C30H46F2O7/c1-4-6-8-13-20(33)17-18-22-21(14-9-7-10-15-23(29(31)32)30(34)35-3)26(39-25-16-11-12-19-36-25)28-27(22)37-24(5-2)38-28/h17-18,21-22,24-28H,4-16,19H2,1-3H3/t21-,22-,24?,25?,26-,27+,28-/m1/s1. The number of carbonyl (C=O) groups is 2. The fourth-order valence-corrected chi connectivity index (χ4v) is 5.90. The van der Waals surface area contributed by atoms with E-state index in [4.69, 9.17) is 18.9 Å². The number of hydrogen-bond acceptors (Lipinski definition) is 7. The van der Waals surface area contributed by atoms with Gasteiger partial charge in [-0.15, -0.1) is 0 Å². The molecule has 0 aromatic carbocycles. The van der Waals surface area contributed by atoms with E-state index in [-0.39, 0.29) is 54.9 Å². The average molecular weight is 557 g/mol. The first-order chi connectivity index (χ1) is 18.9. The number of fused-ring (bicyclic) bond motifs is 1. The van der Waals surface area contributed by atoms with Gasteiger partial charge < -0.3 is 23.7 Å². The number of methoxy groups -OCH3 is 1. The van der Waals surface area contributed by atoms with E-state index in [1.54, 1.807) is 6.08 Å². The van der Waals surface area contributed by atoms with Crippen molar-refractivity contribution in [3.05, 3.63) is 23.8 Å². The summed E-state index contributed by atoms with van der Waals surface area (Å²) in [7, 11) is 1.11. The summed E-state index contributed by atoms with van der Waals surface area (Å²) >= 11 is 0. The van der Waals surface area contributed by atoms with Crippen LogP contribution in [0.4, 0.5) is 8.78 Å². The summed E-state index contributed by atoms with van der Waals surface area (Å²) in [6.45, 7) is 4.80. The first-order valence-electron chi connectivity index (χ1n) is 14.8. The van der Waals surface area contributed by atoms with E-state index in [1.165, 1.54) is 0 Å². The minimum Gasteiger partial charge on any atom is -0.466 e. The van der Waals surface area contributed by atoms with Crippen LogP contribution in [0.25, 0.3) is 0 Å². The first kappa shape index (κ1) is 31.8. The summed E-state index contributed by atoms with van der Waals surface area (Å²) in [6, 6.07) is 0. The van der Waals surface area contributed by atoms with Crippen LogP contribution in [0.3, 0.4) is 0 Å². The fraction of sp³-hybridized carbons (Fsp3) is 0.800. The number of ether oxygens (including phenoxy) is 5. The molecule has 39 heavy (non-hydrogen) atoms.